The van der Waals surface area contributed by atoms with Crippen LogP contribution in [0, 0.1) is 5.82 Å². The van der Waals surface area contributed by atoms with Gasteiger partial charge in [0.05, 0.1) is 5.75 Å². The molecule has 1 saturated heterocycles. The molecule has 0 amide bonds. The molecule has 1 fully saturated rings. The molecule has 0 aliphatic carbocycles. The smallest absolute Gasteiger partial charge is 0.218 e. The molecule has 4 rings (SSSR count). The minimum atomic E-state index is -3.52. The molecule has 3 heterocycles. The summed E-state index contributed by atoms with van der Waals surface area (Å²) in [5.74, 6) is 1.56. The van der Waals surface area contributed by atoms with Gasteiger partial charge in [-0.05, 0) is 31.7 Å². The summed E-state index contributed by atoms with van der Waals surface area (Å²) in [7, 11) is -3.52. The maximum atomic E-state index is 13.8. The Labute approximate surface area is 159 Å². The van der Waals surface area contributed by atoms with Crippen molar-refractivity contribution in [2.24, 2.45) is 0 Å². The molecule has 27 heavy (non-hydrogen) atoms. The molecule has 0 atom stereocenters. The summed E-state index contributed by atoms with van der Waals surface area (Å²) in [6.45, 7) is 1.86. The summed E-state index contributed by atoms with van der Waals surface area (Å²) < 4.78 is 43.0. The number of halogens is 1. The zero-order chi connectivity index (χ0) is 18.9. The Balaban J connectivity index is 1.43. The average molecular weight is 393 g/mol. The fourth-order valence-electron chi connectivity index (χ4n) is 4.10. The van der Waals surface area contributed by atoms with E-state index in [2.05, 4.69) is 14.8 Å². The molecule has 6 nitrogen and oxygen atoms in total. The highest BCUT2D eigenvalue weighted by atomic mass is 32.2. The first-order valence-corrected chi connectivity index (χ1v) is 11.3. The molecular weight excluding hydrogens is 367 g/mol. The Hall–Kier alpha value is -1.80. The summed E-state index contributed by atoms with van der Waals surface area (Å²) in [4.78, 5) is 0. The van der Waals surface area contributed by atoms with Gasteiger partial charge < -0.3 is 4.57 Å². The predicted octanol–water partition coefficient (Wildman–Crippen LogP) is 2.85. The van der Waals surface area contributed by atoms with Gasteiger partial charge >= 0.3 is 0 Å². The van der Waals surface area contributed by atoms with E-state index >= 15 is 0 Å². The van der Waals surface area contributed by atoms with Crippen LogP contribution in [0.1, 0.15) is 55.2 Å². The Morgan fingerprint density at radius 2 is 1.81 bits per heavy atom. The maximum absolute atomic E-state index is 13.8. The largest absolute Gasteiger partial charge is 0.315 e. The number of benzene rings is 1. The van der Waals surface area contributed by atoms with E-state index in [-0.39, 0.29) is 17.2 Å². The SMILES string of the molecule is O=S(=O)(Cc1ccccc1F)N1CCC(c2nnc3n2CCCCC3)CC1. The summed E-state index contributed by atoms with van der Waals surface area (Å²) >= 11 is 0. The van der Waals surface area contributed by atoms with Gasteiger partial charge in [0.2, 0.25) is 10.0 Å². The van der Waals surface area contributed by atoms with Gasteiger partial charge in [0, 0.05) is 37.5 Å². The van der Waals surface area contributed by atoms with E-state index < -0.39 is 15.8 Å². The highest BCUT2D eigenvalue weighted by molar-refractivity contribution is 7.88. The number of aryl methyl sites for hydroxylation is 1. The zero-order valence-electron chi connectivity index (χ0n) is 15.3. The monoisotopic (exact) mass is 392 g/mol. The molecule has 1 aromatic heterocycles. The van der Waals surface area contributed by atoms with Crippen LogP contribution >= 0.6 is 0 Å². The molecule has 0 unspecified atom stereocenters. The topological polar surface area (TPSA) is 68.1 Å². The number of sulfonamides is 1. The Morgan fingerprint density at radius 1 is 1.04 bits per heavy atom. The van der Waals surface area contributed by atoms with Crippen LogP contribution in [0.3, 0.4) is 0 Å². The maximum Gasteiger partial charge on any atom is 0.218 e. The molecule has 2 aromatic rings. The summed E-state index contributed by atoms with van der Waals surface area (Å²) in [5, 5.41) is 8.79. The van der Waals surface area contributed by atoms with E-state index in [9.17, 15) is 12.8 Å². The second-order valence-electron chi connectivity index (χ2n) is 7.46. The Morgan fingerprint density at radius 3 is 2.59 bits per heavy atom. The first-order chi connectivity index (χ1) is 13.0. The average Bonchev–Trinajstić information content (AvgIpc) is 2.92. The molecule has 146 valence electrons. The van der Waals surface area contributed by atoms with Crippen LogP contribution in [0.25, 0.3) is 0 Å². The van der Waals surface area contributed by atoms with Crippen molar-refractivity contribution in [3.05, 3.63) is 47.3 Å². The lowest BCUT2D eigenvalue weighted by Gasteiger charge is -2.31. The van der Waals surface area contributed by atoms with Crippen LogP contribution in [0.5, 0.6) is 0 Å². The first-order valence-electron chi connectivity index (χ1n) is 9.68. The van der Waals surface area contributed by atoms with Crippen molar-refractivity contribution in [1.29, 1.82) is 0 Å². The van der Waals surface area contributed by atoms with Crippen molar-refractivity contribution in [3.63, 3.8) is 0 Å². The molecule has 0 spiro atoms. The molecule has 0 saturated carbocycles. The Kier molecular flexibility index (Phi) is 5.27. The van der Waals surface area contributed by atoms with Crippen molar-refractivity contribution in [2.45, 2.75) is 56.7 Å². The normalized spacial score (nSPS) is 19.6. The van der Waals surface area contributed by atoms with Crippen LogP contribution < -0.4 is 0 Å². The van der Waals surface area contributed by atoms with Crippen LogP contribution in [-0.4, -0.2) is 40.6 Å². The molecule has 0 bridgehead atoms. The fraction of sp³-hybridized carbons (Fsp3) is 0.579. The van der Waals surface area contributed by atoms with Crippen molar-refractivity contribution < 1.29 is 12.8 Å². The number of piperidine rings is 1. The highest BCUT2D eigenvalue weighted by Crippen LogP contribution is 2.30. The second kappa shape index (κ2) is 7.67. The molecule has 8 heteroatoms. The van der Waals surface area contributed by atoms with Gasteiger partial charge in [0.15, 0.2) is 0 Å². The van der Waals surface area contributed by atoms with Crippen LogP contribution in [0.2, 0.25) is 0 Å². The van der Waals surface area contributed by atoms with Crippen LogP contribution in [0.4, 0.5) is 4.39 Å². The van der Waals surface area contributed by atoms with E-state index in [1.54, 1.807) is 12.1 Å². The zero-order valence-corrected chi connectivity index (χ0v) is 16.2. The van der Waals surface area contributed by atoms with Gasteiger partial charge in [0.1, 0.15) is 17.5 Å². The third-order valence-corrected chi connectivity index (χ3v) is 7.47. The first kappa shape index (κ1) is 18.6. The van der Waals surface area contributed by atoms with Gasteiger partial charge in [-0.2, -0.15) is 0 Å². The van der Waals surface area contributed by atoms with E-state index in [1.165, 1.54) is 22.9 Å². The minimum Gasteiger partial charge on any atom is -0.315 e. The molecule has 2 aliphatic heterocycles. The standard InChI is InChI=1S/C19H25FN4O2S/c20-17-7-4-3-6-16(17)14-27(25,26)23-12-9-15(10-13-23)19-22-21-18-8-2-1-5-11-24(18)19/h3-4,6-7,15H,1-2,5,8-14H2. The number of fused-ring (bicyclic) bond motifs is 1. The molecule has 1 aromatic carbocycles. The molecule has 2 aliphatic rings. The molecule has 0 N–H and O–H groups in total. The lowest BCUT2D eigenvalue weighted by molar-refractivity contribution is 0.308. The van der Waals surface area contributed by atoms with Gasteiger partial charge in [-0.15, -0.1) is 10.2 Å². The number of nitrogens with zero attached hydrogens (tertiary/aromatic N) is 4. The minimum absolute atomic E-state index is 0.224. The quantitative estimate of drug-likeness (QED) is 0.802. The summed E-state index contributed by atoms with van der Waals surface area (Å²) in [5.41, 5.74) is 0.224. The fourth-order valence-corrected chi connectivity index (χ4v) is 5.68. The lowest BCUT2D eigenvalue weighted by atomic mass is 9.97. The number of aromatic nitrogens is 3. The van der Waals surface area contributed by atoms with E-state index in [1.807, 2.05) is 0 Å². The number of hydrogen-bond donors (Lipinski definition) is 0. The van der Waals surface area contributed by atoms with Gasteiger partial charge in [-0.1, -0.05) is 24.6 Å². The highest BCUT2D eigenvalue weighted by Gasteiger charge is 2.32. The number of rotatable bonds is 4. The third-order valence-electron chi connectivity index (χ3n) is 5.65. The van der Waals surface area contributed by atoms with Crippen LogP contribution in [0.15, 0.2) is 24.3 Å². The Bertz CT molecular complexity index is 904. The van der Waals surface area contributed by atoms with Crippen LogP contribution in [-0.2, 0) is 28.7 Å². The van der Waals surface area contributed by atoms with Crippen molar-refractivity contribution in [3.8, 4) is 0 Å². The molecule has 0 radical (unpaired) electrons. The number of hydrogen-bond acceptors (Lipinski definition) is 4. The van der Waals surface area contributed by atoms with Gasteiger partial charge in [-0.3, -0.25) is 0 Å². The summed E-state index contributed by atoms with van der Waals surface area (Å²) in [6.07, 6.45) is 5.96. The second-order valence-corrected chi connectivity index (χ2v) is 9.43. The van der Waals surface area contributed by atoms with E-state index in [0.717, 1.165) is 50.3 Å². The molecular formula is C19H25FN4O2S. The van der Waals surface area contributed by atoms with E-state index in [0.29, 0.717) is 13.1 Å². The summed E-state index contributed by atoms with van der Waals surface area (Å²) in [6, 6.07) is 6.06. The predicted molar refractivity (Wildman–Crippen MR) is 100 cm³/mol. The van der Waals surface area contributed by atoms with Crippen molar-refractivity contribution in [1.82, 2.24) is 19.1 Å². The third kappa shape index (κ3) is 3.91. The van der Waals surface area contributed by atoms with E-state index in [4.69, 9.17) is 0 Å². The lowest BCUT2D eigenvalue weighted by Crippen LogP contribution is -2.39. The van der Waals surface area contributed by atoms with Gasteiger partial charge in [0.25, 0.3) is 0 Å². The van der Waals surface area contributed by atoms with Gasteiger partial charge in [-0.25, -0.2) is 17.1 Å². The van der Waals surface area contributed by atoms with Crippen molar-refractivity contribution in [2.75, 3.05) is 13.1 Å². The van der Waals surface area contributed by atoms with Crippen molar-refractivity contribution >= 4 is 10.0 Å².